The molecule has 8 heteroatoms. The van der Waals surface area contributed by atoms with Crippen LogP contribution in [0.4, 0.5) is 17.1 Å². The number of nitro groups is 1. The summed E-state index contributed by atoms with van der Waals surface area (Å²) >= 11 is 0. The number of amides is 1. The zero-order valence-electron chi connectivity index (χ0n) is 21.3. The number of nitrogens with one attached hydrogen (secondary N) is 1. The normalized spacial score (nSPS) is 14.6. The van der Waals surface area contributed by atoms with Crippen molar-refractivity contribution in [2.24, 2.45) is 5.92 Å². The van der Waals surface area contributed by atoms with Crippen LogP contribution in [-0.2, 0) is 9.53 Å². The Bertz CT molecular complexity index is 1300. The van der Waals surface area contributed by atoms with Gasteiger partial charge >= 0.3 is 5.97 Å². The largest absolute Gasteiger partial charge is 0.444 e. The molecule has 0 radical (unpaired) electrons. The van der Waals surface area contributed by atoms with Crippen molar-refractivity contribution >= 4 is 28.9 Å². The molecule has 192 valence electrons. The molecule has 3 aromatic rings. The molecule has 0 saturated carbocycles. The number of benzene rings is 3. The molecular weight excluding hydrogens is 470 g/mol. The smallest absolute Gasteiger partial charge is 0.339 e. The number of carbonyl (C=O) groups excluding carboxylic acids is 2. The van der Waals surface area contributed by atoms with Gasteiger partial charge in [-0.1, -0.05) is 49.4 Å². The first kappa shape index (κ1) is 25.9. The minimum Gasteiger partial charge on any atom is -0.444 e. The molecule has 0 bridgehead atoms. The molecule has 1 amide bonds. The fraction of sp³-hybridized carbons (Fsp3) is 0.310. The fourth-order valence-electron chi connectivity index (χ4n) is 4.46. The summed E-state index contributed by atoms with van der Waals surface area (Å²) in [6, 6.07) is 18.7. The van der Waals surface area contributed by atoms with Crippen LogP contribution < -0.4 is 10.2 Å². The van der Waals surface area contributed by atoms with E-state index in [4.69, 9.17) is 4.74 Å². The van der Waals surface area contributed by atoms with Crippen molar-refractivity contribution in [2.75, 3.05) is 23.3 Å². The summed E-state index contributed by atoms with van der Waals surface area (Å²) < 4.78 is 5.67. The molecule has 1 aliphatic heterocycles. The van der Waals surface area contributed by atoms with E-state index in [-0.39, 0.29) is 11.3 Å². The Morgan fingerprint density at radius 2 is 1.73 bits per heavy atom. The van der Waals surface area contributed by atoms with Crippen molar-refractivity contribution in [1.29, 1.82) is 0 Å². The summed E-state index contributed by atoms with van der Waals surface area (Å²) in [4.78, 5) is 39.9. The van der Waals surface area contributed by atoms with Crippen molar-refractivity contribution in [3.05, 3.63) is 99.1 Å². The second-order valence-electron chi connectivity index (χ2n) is 9.63. The number of rotatable bonds is 7. The lowest BCUT2D eigenvalue weighted by molar-refractivity contribution is -0.384. The van der Waals surface area contributed by atoms with Crippen LogP contribution in [0.3, 0.4) is 0 Å². The van der Waals surface area contributed by atoms with Crippen molar-refractivity contribution in [3.8, 4) is 0 Å². The number of ether oxygens (including phenoxy) is 1. The Labute approximate surface area is 216 Å². The first-order chi connectivity index (χ1) is 17.7. The van der Waals surface area contributed by atoms with E-state index in [0.717, 1.165) is 37.1 Å². The standard InChI is InChI=1S/C29H31N3O5/c1-19-13-15-31(16-14-19)25-12-11-23(18-26(25)32(35)36)29(34)37-27(22-7-5-4-6-8-22)28(33)30-24-17-20(2)9-10-21(24)3/h4-12,17-19,27H,13-16H2,1-3H3,(H,30,33)/t27-/m0/s1. The summed E-state index contributed by atoms with van der Waals surface area (Å²) in [5.41, 5.74) is 3.31. The van der Waals surface area contributed by atoms with Gasteiger partial charge in [0.05, 0.1) is 10.5 Å². The molecule has 1 aliphatic rings. The predicted molar refractivity (Wildman–Crippen MR) is 143 cm³/mol. The Morgan fingerprint density at radius 3 is 2.41 bits per heavy atom. The summed E-state index contributed by atoms with van der Waals surface area (Å²) in [5.74, 6) is -0.747. The van der Waals surface area contributed by atoms with Gasteiger partial charge in [0.15, 0.2) is 0 Å². The Kier molecular flexibility index (Phi) is 7.86. The Morgan fingerprint density at radius 1 is 1.03 bits per heavy atom. The van der Waals surface area contributed by atoms with Gasteiger partial charge < -0.3 is 15.0 Å². The highest BCUT2D eigenvalue weighted by Crippen LogP contribution is 2.33. The number of anilines is 2. The summed E-state index contributed by atoms with van der Waals surface area (Å²) in [6.07, 6.45) is 0.667. The molecule has 1 atom stereocenters. The van der Waals surface area contributed by atoms with Crippen molar-refractivity contribution in [3.63, 3.8) is 0 Å². The zero-order valence-corrected chi connectivity index (χ0v) is 21.3. The third kappa shape index (κ3) is 6.14. The van der Waals surface area contributed by atoms with E-state index in [9.17, 15) is 19.7 Å². The van der Waals surface area contributed by atoms with Gasteiger partial charge in [0.25, 0.3) is 11.6 Å². The lowest BCUT2D eigenvalue weighted by Gasteiger charge is -2.31. The third-order valence-electron chi connectivity index (χ3n) is 6.75. The first-order valence-electron chi connectivity index (χ1n) is 12.4. The average Bonchev–Trinajstić information content (AvgIpc) is 2.89. The highest BCUT2D eigenvalue weighted by atomic mass is 16.6. The van der Waals surface area contributed by atoms with E-state index >= 15 is 0 Å². The van der Waals surface area contributed by atoms with Crippen LogP contribution in [0.1, 0.15) is 52.9 Å². The van der Waals surface area contributed by atoms with E-state index < -0.39 is 22.9 Å². The molecule has 1 N–H and O–H groups in total. The number of aryl methyl sites for hydroxylation is 2. The topological polar surface area (TPSA) is 102 Å². The molecule has 0 aromatic heterocycles. The van der Waals surface area contributed by atoms with Crippen LogP contribution in [0, 0.1) is 29.9 Å². The zero-order chi connectivity index (χ0) is 26.5. The van der Waals surface area contributed by atoms with Crippen LogP contribution in [-0.4, -0.2) is 29.9 Å². The number of hydrogen-bond donors (Lipinski definition) is 1. The molecule has 37 heavy (non-hydrogen) atoms. The van der Waals surface area contributed by atoms with E-state index in [1.807, 2.05) is 36.9 Å². The molecule has 1 fully saturated rings. The van der Waals surface area contributed by atoms with Gasteiger partial charge in [0, 0.05) is 30.4 Å². The van der Waals surface area contributed by atoms with Gasteiger partial charge in [-0.05, 0) is 61.9 Å². The number of piperidine rings is 1. The van der Waals surface area contributed by atoms with Crippen LogP contribution in [0.2, 0.25) is 0 Å². The molecule has 8 nitrogen and oxygen atoms in total. The maximum atomic E-state index is 13.3. The maximum absolute atomic E-state index is 13.3. The van der Waals surface area contributed by atoms with E-state index in [0.29, 0.717) is 22.9 Å². The second kappa shape index (κ2) is 11.2. The van der Waals surface area contributed by atoms with Gasteiger partial charge in [0.1, 0.15) is 5.69 Å². The lowest BCUT2D eigenvalue weighted by atomic mass is 9.98. The fourth-order valence-corrected chi connectivity index (χ4v) is 4.46. The van der Waals surface area contributed by atoms with E-state index in [1.54, 1.807) is 36.4 Å². The summed E-state index contributed by atoms with van der Waals surface area (Å²) in [7, 11) is 0. The molecule has 3 aromatic carbocycles. The SMILES string of the molecule is Cc1ccc(C)c(NC(=O)[C@@H](OC(=O)c2ccc(N3CCC(C)CC3)c([N+](=O)[O-])c2)c2ccccc2)c1. The molecular formula is C29H31N3O5. The number of nitrogens with zero attached hydrogens (tertiary/aromatic N) is 2. The van der Waals surface area contributed by atoms with Crippen LogP contribution >= 0.6 is 0 Å². The van der Waals surface area contributed by atoms with E-state index in [1.165, 1.54) is 12.1 Å². The van der Waals surface area contributed by atoms with Crippen LogP contribution in [0.15, 0.2) is 66.7 Å². The van der Waals surface area contributed by atoms with Gasteiger partial charge in [-0.3, -0.25) is 14.9 Å². The maximum Gasteiger partial charge on any atom is 0.339 e. The third-order valence-corrected chi connectivity index (χ3v) is 6.75. The molecule has 0 unspecified atom stereocenters. The average molecular weight is 502 g/mol. The first-order valence-corrected chi connectivity index (χ1v) is 12.4. The number of nitro benzene ring substituents is 1. The molecule has 1 heterocycles. The number of esters is 1. The quantitative estimate of drug-likeness (QED) is 0.243. The van der Waals surface area contributed by atoms with Crippen molar-refractivity contribution in [1.82, 2.24) is 0 Å². The highest BCUT2D eigenvalue weighted by Gasteiger charge is 2.29. The van der Waals surface area contributed by atoms with Crippen molar-refractivity contribution in [2.45, 2.75) is 39.7 Å². The summed E-state index contributed by atoms with van der Waals surface area (Å²) in [6.45, 7) is 7.42. The lowest BCUT2D eigenvalue weighted by Crippen LogP contribution is -2.33. The van der Waals surface area contributed by atoms with Crippen LogP contribution in [0.5, 0.6) is 0 Å². The van der Waals surface area contributed by atoms with Crippen LogP contribution in [0.25, 0.3) is 0 Å². The summed E-state index contributed by atoms with van der Waals surface area (Å²) in [5, 5.41) is 14.7. The van der Waals surface area contributed by atoms with E-state index in [2.05, 4.69) is 12.2 Å². The van der Waals surface area contributed by atoms with Gasteiger partial charge in [-0.25, -0.2) is 4.79 Å². The van der Waals surface area contributed by atoms with Gasteiger partial charge in [-0.15, -0.1) is 0 Å². The number of carbonyl (C=O) groups is 2. The molecule has 4 rings (SSSR count). The predicted octanol–water partition coefficient (Wildman–Crippen LogP) is 5.98. The minimum atomic E-state index is -1.24. The second-order valence-corrected chi connectivity index (χ2v) is 9.63. The Hall–Kier alpha value is -4.20. The van der Waals surface area contributed by atoms with Crippen molar-refractivity contribution < 1.29 is 19.2 Å². The molecule has 0 spiro atoms. The van der Waals surface area contributed by atoms with Gasteiger partial charge in [-0.2, -0.15) is 0 Å². The molecule has 1 saturated heterocycles. The monoisotopic (exact) mass is 501 g/mol. The molecule has 0 aliphatic carbocycles. The number of hydrogen-bond acceptors (Lipinski definition) is 6. The Balaban J connectivity index is 1.60. The minimum absolute atomic E-state index is 0.0151. The van der Waals surface area contributed by atoms with Gasteiger partial charge in [0.2, 0.25) is 6.10 Å². The highest BCUT2D eigenvalue weighted by molar-refractivity contribution is 5.99.